The molecule has 1 aromatic heterocycles. The van der Waals surface area contributed by atoms with E-state index in [1.807, 2.05) is 0 Å². The molecule has 0 saturated carbocycles. The molecule has 3 nitrogen and oxygen atoms in total. The van der Waals surface area contributed by atoms with Gasteiger partial charge in [0.1, 0.15) is 0 Å². The summed E-state index contributed by atoms with van der Waals surface area (Å²) in [5.41, 5.74) is 0. The van der Waals surface area contributed by atoms with Crippen LogP contribution in [0.1, 0.15) is 0 Å². The predicted octanol–water partition coefficient (Wildman–Crippen LogP) is 1.29. The van der Waals surface area contributed by atoms with Gasteiger partial charge >= 0.3 is 0 Å². The van der Waals surface area contributed by atoms with Crippen LogP contribution in [0.25, 0.3) is 0 Å². The highest BCUT2D eigenvalue weighted by Crippen LogP contribution is 2.05. The standard InChI is InChI=1S/C6H8BrClN2O/c7-1-6(11)4-10-3-5(8)2-9-10/h2-3,6,11H,1,4H2. The van der Waals surface area contributed by atoms with Gasteiger partial charge in [0.25, 0.3) is 0 Å². The van der Waals surface area contributed by atoms with E-state index in [-0.39, 0.29) is 0 Å². The van der Waals surface area contributed by atoms with Crippen LogP contribution >= 0.6 is 27.5 Å². The number of aliphatic hydroxyl groups excluding tert-OH is 1. The van der Waals surface area contributed by atoms with Crippen molar-refractivity contribution in [1.82, 2.24) is 9.78 Å². The number of rotatable bonds is 3. The molecule has 1 unspecified atom stereocenters. The summed E-state index contributed by atoms with van der Waals surface area (Å²) < 4.78 is 1.61. The summed E-state index contributed by atoms with van der Waals surface area (Å²) in [6.07, 6.45) is 2.81. The third kappa shape index (κ3) is 2.81. The Kier molecular flexibility index (Phi) is 3.36. The maximum absolute atomic E-state index is 9.17. The van der Waals surface area contributed by atoms with Gasteiger partial charge in [-0.15, -0.1) is 0 Å². The molecule has 1 atom stereocenters. The van der Waals surface area contributed by atoms with Crippen molar-refractivity contribution in [3.05, 3.63) is 17.4 Å². The number of halogens is 2. The molecule has 1 N–H and O–H groups in total. The molecular weight excluding hydrogens is 231 g/mol. The van der Waals surface area contributed by atoms with Crippen molar-refractivity contribution in [1.29, 1.82) is 0 Å². The first-order chi connectivity index (χ1) is 5.22. The van der Waals surface area contributed by atoms with E-state index in [2.05, 4.69) is 21.0 Å². The van der Waals surface area contributed by atoms with Crippen LogP contribution < -0.4 is 0 Å². The van der Waals surface area contributed by atoms with Crippen LogP contribution in [0.3, 0.4) is 0 Å². The molecule has 11 heavy (non-hydrogen) atoms. The molecule has 0 saturated heterocycles. The molecule has 0 spiro atoms. The van der Waals surface area contributed by atoms with Gasteiger partial charge < -0.3 is 5.11 Å². The lowest BCUT2D eigenvalue weighted by Gasteiger charge is -2.05. The van der Waals surface area contributed by atoms with Crippen LogP contribution in [0.15, 0.2) is 12.4 Å². The zero-order valence-corrected chi connectivity index (χ0v) is 8.09. The quantitative estimate of drug-likeness (QED) is 0.807. The van der Waals surface area contributed by atoms with Gasteiger partial charge in [0.2, 0.25) is 0 Å². The summed E-state index contributed by atoms with van der Waals surface area (Å²) in [6.45, 7) is 0.470. The normalized spacial score (nSPS) is 13.4. The van der Waals surface area contributed by atoms with Gasteiger partial charge in [0.05, 0.1) is 23.9 Å². The number of aromatic nitrogens is 2. The van der Waals surface area contributed by atoms with Crippen molar-refractivity contribution in [2.24, 2.45) is 0 Å². The van der Waals surface area contributed by atoms with Crippen LogP contribution in [0.5, 0.6) is 0 Å². The van der Waals surface area contributed by atoms with Crippen LogP contribution in [-0.2, 0) is 6.54 Å². The Labute approximate surface area is 78.1 Å². The number of aliphatic hydroxyl groups is 1. The molecule has 0 aliphatic rings. The molecule has 0 amide bonds. The first-order valence-corrected chi connectivity index (χ1v) is 4.64. The van der Waals surface area contributed by atoms with Crippen molar-refractivity contribution in [3.8, 4) is 0 Å². The second-order valence-corrected chi connectivity index (χ2v) is 3.27. The van der Waals surface area contributed by atoms with Crippen molar-refractivity contribution in [3.63, 3.8) is 0 Å². The van der Waals surface area contributed by atoms with Crippen LogP contribution in [0.4, 0.5) is 0 Å². The molecule has 0 radical (unpaired) electrons. The molecule has 0 fully saturated rings. The Hall–Kier alpha value is -0.0600. The highest BCUT2D eigenvalue weighted by Gasteiger charge is 2.03. The number of nitrogens with zero attached hydrogens (tertiary/aromatic N) is 2. The summed E-state index contributed by atoms with van der Waals surface area (Å²) in [7, 11) is 0. The van der Waals surface area contributed by atoms with E-state index in [1.54, 1.807) is 17.1 Å². The van der Waals surface area contributed by atoms with E-state index in [0.717, 1.165) is 0 Å². The Morgan fingerprint density at radius 1 is 1.82 bits per heavy atom. The fraction of sp³-hybridized carbons (Fsp3) is 0.500. The molecule has 0 aliphatic carbocycles. The molecule has 1 rings (SSSR count). The maximum atomic E-state index is 9.17. The van der Waals surface area contributed by atoms with Gasteiger partial charge in [0.15, 0.2) is 0 Å². The van der Waals surface area contributed by atoms with Crippen LogP contribution in [-0.4, -0.2) is 26.3 Å². The third-order valence-corrected chi connectivity index (χ3v) is 2.12. The first-order valence-electron chi connectivity index (χ1n) is 3.14. The number of alkyl halides is 1. The van der Waals surface area contributed by atoms with Crippen LogP contribution in [0, 0.1) is 0 Å². The molecule has 62 valence electrons. The van der Waals surface area contributed by atoms with Crippen molar-refractivity contribution >= 4 is 27.5 Å². The van der Waals surface area contributed by atoms with E-state index in [0.29, 0.717) is 16.9 Å². The molecule has 0 aromatic carbocycles. The Morgan fingerprint density at radius 3 is 3.00 bits per heavy atom. The summed E-state index contributed by atoms with van der Waals surface area (Å²) >= 11 is 8.77. The highest BCUT2D eigenvalue weighted by molar-refractivity contribution is 9.09. The smallest absolute Gasteiger partial charge is 0.0832 e. The van der Waals surface area contributed by atoms with Crippen molar-refractivity contribution < 1.29 is 5.11 Å². The first kappa shape index (κ1) is 9.03. The lowest BCUT2D eigenvalue weighted by atomic mass is 10.4. The zero-order chi connectivity index (χ0) is 8.27. The average molecular weight is 240 g/mol. The Morgan fingerprint density at radius 2 is 2.55 bits per heavy atom. The molecule has 0 bridgehead atoms. The van der Waals surface area contributed by atoms with Gasteiger partial charge in [-0.1, -0.05) is 27.5 Å². The maximum Gasteiger partial charge on any atom is 0.0832 e. The van der Waals surface area contributed by atoms with Crippen molar-refractivity contribution in [2.45, 2.75) is 12.6 Å². The fourth-order valence-corrected chi connectivity index (χ4v) is 1.06. The molecule has 0 aliphatic heterocycles. The molecular formula is C6H8BrClN2O. The van der Waals surface area contributed by atoms with E-state index in [1.165, 1.54) is 0 Å². The minimum absolute atomic E-state index is 0.411. The Bertz CT molecular complexity index is 228. The number of hydrogen-bond donors (Lipinski definition) is 1. The lowest BCUT2D eigenvalue weighted by molar-refractivity contribution is 0.174. The molecule has 5 heteroatoms. The van der Waals surface area contributed by atoms with E-state index in [4.69, 9.17) is 16.7 Å². The topological polar surface area (TPSA) is 38.0 Å². The van der Waals surface area contributed by atoms with Gasteiger partial charge in [-0.25, -0.2) is 0 Å². The molecule has 1 heterocycles. The van der Waals surface area contributed by atoms with Gasteiger partial charge in [-0.05, 0) is 0 Å². The number of hydrogen-bond acceptors (Lipinski definition) is 2. The van der Waals surface area contributed by atoms with Gasteiger partial charge in [-0.3, -0.25) is 4.68 Å². The summed E-state index contributed by atoms with van der Waals surface area (Å²) in [5, 5.41) is 14.2. The second-order valence-electron chi connectivity index (χ2n) is 2.19. The Balaban J connectivity index is 2.50. The van der Waals surface area contributed by atoms with Crippen molar-refractivity contribution in [2.75, 3.05) is 5.33 Å². The second kappa shape index (κ2) is 4.09. The third-order valence-electron chi connectivity index (χ3n) is 1.18. The zero-order valence-electron chi connectivity index (χ0n) is 5.74. The largest absolute Gasteiger partial charge is 0.390 e. The minimum atomic E-state index is -0.411. The summed E-state index contributed by atoms with van der Waals surface area (Å²) in [6, 6.07) is 0. The summed E-state index contributed by atoms with van der Waals surface area (Å²) in [5.74, 6) is 0. The van der Waals surface area contributed by atoms with Gasteiger partial charge in [0, 0.05) is 11.5 Å². The van der Waals surface area contributed by atoms with Gasteiger partial charge in [-0.2, -0.15) is 5.10 Å². The van der Waals surface area contributed by atoms with E-state index < -0.39 is 6.10 Å². The van der Waals surface area contributed by atoms with E-state index in [9.17, 15) is 0 Å². The predicted molar refractivity (Wildman–Crippen MR) is 47.0 cm³/mol. The monoisotopic (exact) mass is 238 g/mol. The lowest BCUT2D eigenvalue weighted by Crippen LogP contribution is -2.17. The highest BCUT2D eigenvalue weighted by atomic mass is 79.9. The van der Waals surface area contributed by atoms with E-state index >= 15 is 0 Å². The average Bonchev–Trinajstić information content (AvgIpc) is 2.35. The summed E-state index contributed by atoms with van der Waals surface area (Å²) in [4.78, 5) is 0. The van der Waals surface area contributed by atoms with Crippen LogP contribution in [0.2, 0.25) is 5.02 Å². The SMILES string of the molecule is OC(CBr)Cn1cc(Cl)cn1. The fourth-order valence-electron chi connectivity index (χ4n) is 0.703. The molecule has 1 aromatic rings. The minimum Gasteiger partial charge on any atom is -0.390 e.